The number of rotatable bonds is 5. The van der Waals surface area contributed by atoms with Gasteiger partial charge in [-0.25, -0.2) is 0 Å². The molecule has 0 bridgehead atoms. The summed E-state index contributed by atoms with van der Waals surface area (Å²) in [5.41, 5.74) is 5.65. The Balaban J connectivity index is 1.69. The van der Waals surface area contributed by atoms with Crippen LogP contribution in [0.2, 0.25) is 0 Å². The summed E-state index contributed by atoms with van der Waals surface area (Å²) in [5.74, 6) is 0. The van der Waals surface area contributed by atoms with Crippen LogP contribution in [0.15, 0.2) is 42.6 Å². The average Bonchev–Trinajstić information content (AvgIpc) is 2.93. The summed E-state index contributed by atoms with van der Waals surface area (Å²) in [5, 5.41) is 15.4. The molecule has 0 fully saturated rings. The van der Waals surface area contributed by atoms with Gasteiger partial charge in [-0.15, -0.1) is 0 Å². The zero-order valence-corrected chi connectivity index (χ0v) is 13.2. The lowest BCUT2D eigenvalue weighted by atomic mass is 10.1. The Morgan fingerprint density at radius 3 is 2.74 bits per heavy atom. The number of nitrogens with zero attached hydrogens (tertiary/aromatic N) is 1. The van der Waals surface area contributed by atoms with Gasteiger partial charge in [0.1, 0.15) is 0 Å². The highest BCUT2D eigenvalue weighted by Gasteiger charge is 2.08. The molecule has 118 valence electrons. The smallest absolute Gasteiger partial charge is 0.269 e. The van der Waals surface area contributed by atoms with Crippen LogP contribution in [0.4, 0.5) is 11.4 Å². The van der Waals surface area contributed by atoms with Gasteiger partial charge in [0.05, 0.1) is 4.92 Å². The van der Waals surface area contributed by atoms with Crippen LogP contribution in [0.25, 0.3) is 10.9 Å². The van der Waals surface area contributed by atoms with Crippen molar-refractivity contribution in [2.75, 3.05) is 11.9 Å². The normalized spacial score (nSPS) is 10.9. The van der Waals surface area contributed by atoms with E-state index in [0.717, 1.165) is 24.2 Å². The minimum absolute atomic E-state index is 0.125. The van der Waals surface area contributed by atoms with E-state index in [9.17, 15) is 10.1 Å². The number of hydrogen-bond donors (Lipinski definition) is 2. The number of aromatic nitrogens is 1. The van der Waals surface area contributed by atoms with Crippen molar-refractivity contribution in [3.05, 3.63) is 69.4 Å². The summed E-state index contributed by atoms with van der Waals surface area (Å²) in [4.78, 5) is 13.7. The molecular formula is C18H19N3O2. The maximum atomic E-state index is 10.8. The number of nitro benzene ring substituents is 1. The van der Waals surface area contributed by atoms with Gasteiger partial charge >= 0.3 is 0 Å². The van der Waals surface area contributed by atoms with E-state index in [1.165, 1.54) is 28.1 Å². The molecule has 0 saturated heterocycles. The molecule has 3 aromatic rings. The van der Waals surface area contributed by atoms with Crippen molar-refractivity contribution >= 4 is 22.3 Å². The Labute approximate surface area is 134 Å². The third-order valence-electron chi connectivity index (χ3n) is 4.14. The molecule has 0 radical (unpaired) electrons. The number of non-ortho nitro benzene ring substituents is 1. The summed E-state index contributed by atoms with van der Waals surface area (Å²) < 4.78 is 0. The molecule has 0 aliphatic carbocycles. The molecule has 0 aliphatic rings. The van der Waals surface area contributed by atoms with Crippen molar-refractivity contribution in [1.29, 1.82) is 0 Å². The number of nitrogens with one attached hydrogen (secondary N) is 2. The topological polar surface area (TPSA) is 71.0 Å². The highest BCUT2D eigenvalue weighted by molar-refractivity contribution is 5.85. The number of anilines is 1. The molecule has 0 aliphatic heterocycles. The third-order valence-corrected chi connectivity index (χ3v) is 4.14. The average molecular weight is 309 g/mol. The van der Waals surface area contributed by atoms with Gasteiger partial charge in [0, 0.05) is 41.5 Å². The van der Waals surface area contributed by atoms with Crippen LogP contribution >= 0.6 is 0 Å². The van der Waals surface area contributed by atoms with Crippen molar-refractivity contribution in [1.82, 2.24) is 4.98 Å². The Morgan fingerprint density at radius 1 is 1.17 bits per heavy atom. The van der Waals surface area contributed by atoms with Gasteiger partial charge in [-0.3, -0.25) is 10.1 Å². The summed E-state index contributed by atoms with van der Waals surface area (Å²) >= 11 is 0. The molecule has 0 atom stereocenters. The lowest BCUT2D eigenvalue weighted by Gasteiger charge is -2.09. The number of benzene rings is 2. The highest BCUT2D eigenvalue weighted by Crippen LogP contribution is 2.23. The molecule has 0 amide bonds. The van der Waals surface area contributed by atoms with E-state index in [1.54, 1.807) is 12.1 Å². The molecule has 0 saturated carbocycles. The fourth-order valence-electron chi connectivity index (χ4n) is 2.86. The summed E-state index contributed by atoms with van der Waals surface area (Å²) in [6.45, 7) is 4.75. The number of nitro groups is 1. The fourth-order valence-corrected chi connectivity index (χ4v) is 2.86. The highest BCUT2D eigenvalue weighted by atomic mass is 16.6. The van der Waals surface area contributed by atoms with E-state index in [2.05, 4.69) is 41.6 Å². The number of H-pyrrole nitrogens is 1. The zero-order chi connectivity index (χ0) is 16.4. The first-order chi connectivity index (χ1) is 11.1. The number of aromatic amines is 1. The molecule has 1 heterocycles. The molecule has 5 heteroatoms. The van der Waals surface area contributed by atoms with Crippen molar-refractivity contribution in [3.8, 4) is 0 Å². The number of fused-ring (bicyclic) bond motifs is 1. The van der Waals surface area contributed by atoms with Crippen molar-refractivity contribution < 1.29 is 4.92 Å². The van der Waals surface area contributed by atoms with Crippen LogP contribution in [0.3, 0.4) is 0 Å². The summed E-state index contributed by atoms with van der Waals surface area (Å²) in [7, 11) is 0. The number of aryl methyl sites for hydroxylation is 2. The van der Waals surface area contributed by atoms with Crippen LogP contribution in [0.5, 0.6) is 0 Å². The van der Waals surface area contributed by atoms with Gasteiger partial charge in [0.15, 0.2) is 0 Å². The van der Waals surface area contributed by atoms with Crippen molar-refractivity contribution in [3.63, 3.8) is 0 Å². The predicted molar refractivity (Wildman–Crippen MR) is 93.1 cm³/mol. The van der Waals surface area contributed by atoms with E-state index in [-0.39, 0.29) is 10.6 Å². The monoisotopic (exact) mass is 309 g/mol. The van der Waals surface area contributed by atoms with Gasteiger partial charge in [0.25, 0.3) is 5.69 Å². The minimum Gasteiger partial charge on any atom is -0.384 e. The van der Waals surface area contributed by atoms with E-state index < -0.39 is 0 Å². The molecule has 2 aromatic carbocycles. The van der Waals surface area contributed by atoms with Gasteiger partial charge in [0.2, 0.25) is 0 Å². The van der Waals surface area contributed by atoms with E-state index in [0.29, 0.717) is 0 Å². The molecule has 5 nitrogen and oxygen atoms in total. The fraction of sp³-hybridized carbons (Fsp3) is 0.222. The van der Waals surface area contributed by atoms with E-state index in [4.69, 9.17) is 0 Å². The zero-order valence-electron chi connectivity index (χ0n) is 13.2. The van der Waals surface area contributed by atoms with Crippen molar-refractivity contribution in [2.24, 2.45) is 0 Å². The first-order valence-electron chi connectivity index (χ1n) is 7.61. The van der Waals surface area contributed by atoms with Crippen LogP contribution in [-0.2, 0) is 6.42 Å². The predicted octanol–water partition coefficient (Wildman–Crippen LogP) is 4.35. The quantitative estimate of drug-likeness (QED) is 0.544. The van der Waals surface area contributed by atoms with Crippen LogP contribution in [0.1, 0.15) is 16.7 Å². The summed E-state index contributed by atoms with van der Waals surface area (Å²) in [6.07, 6.45) is 2.95. The van der Waals surface area contributed by atoms with Crippen LogP contribution in [0, 0.1) is 24.0 Å². The second kappa shape index (κ2) is 6.12. The minimum atomic E-state index is -0.370. The first kappa shape index (κ1) is 15.1. The van der Waals surface area contributed by atoms with Crippen molar-refractivity contribution in [2.45, 2.75) is 20.3 Å². The first-order valence-corrected chi connectivity index (χ1v) is 7.61. The molecule has 2 N–H and O–H groups in total. The van der Waals surface area contributed by atoms with Crippen LogP contribution < -0.4 is 5.32 Å². The lowest BCUT2D eigenvalue weighted by Crippen LogP contribution is -2.06. The molecule has 23 heavy (non-hydrogen) atoms. The molecule has 0 spiro atoms. The maximum Gasteiger partial charge on any atom is 0.269 e. The number of hydrogen-bond acceptors (Lipinski definition) is 3. The van der Waals surface area contributed by atoms with Gasteiger partial charge in [-0.1, -0.05) is 18.2 Å². The van der Waals surface area contributed by atoms with Gasteiger partial charge in [-0.2, -0.15) is 0 Å². The standard InChI is InChI=1S/C18H19N3O2/c1-12-4-3-5-16-14(11-20-18(12)16)8-9-19-17-7-6-15(21(22)23)10-13(17)2/h3-7,10-11,19-20H,8-9H2,1-2H3. The maximum absolute atomic E-state index is 10.8. The van der Waals surface area contributed by atoms with Gasteiger partial charge < -0.3 is 10.3 Å². The SMILES string of the molecule is Cc1cc([N+](=O)[O-])ccc1NCCc1c[nH]c2c(C)cccc12. The largest absolute Gasteiger partial charge is 0.384 e. The Morgan fingerprint density at radius 2 is 2.00 bits per heavy atom. The lowest BCUT2D eigenvalue weighted by molar-refractivity contribution is -0.384. The van der Waals surface area contributed by atoms with E-state index >= 15 is 0 Å². The van der Waals surface area contributed by atoms with Crippen LogP contribution in [-0.4, -0.2) is 16.5 Å². The second-order valence-electron chi connectivity index (χ2n) is 5.74. The Bertz CT molecular complexity index is 868. The molecule has 1 aromatic heterocycles. The van der Waals surface area contributed by atoms with Gasteiger partial charge in [-0.05, 0) is 43.0 Å². The molecule has 0 unspecified atom stereocenters. The Kier molecular flexibility index (Phi) is 4.02. The van der Waals surface area contributed by atoms with E-state index in [1.807, 2.05) is 6.92 Å². The third kappa shape index (κ3) is 3.04. The molecule has 3 rings (SSSR count). The summed E-state index contributed by atoms with van der Waals surface area (Å²) in [6, 6.07) is 11.2. The second-order valence-corrected chi connectivity index (χ2v) is 5.74. The molecular weight excluding hydrogens is 290 g/mol. The Hall–Kier alpha value is -2.82. The number of para-hydroxylation sites is 1.